The van der Waals surface area contributed by atoms with Crippen LogP contribution in [-0.4, -0.2) is 30.2 Å². The van der Waals surface area contributed by atoms with Gasteiger partial charge in [-0.05, 0) is 26.7 Å². The highest BCUT2D eigenvalue weighted by Crippen LogP contribution is 2.51. The van der Waals surface area contributed by atoms with E-state index in [1.54, 1.807) is 0 Å². The number of rotatable bonds is 0. The summed E-state index contributed by atoms with van der Waals surface area (Å²) in [4.78, 5) is 0. The molecule has 0 aromatic heterocycles. The highest BCUT2D eigenvalue weighted by molar-refractivity contribution is 5.11. The number of ether oxygens (including phenoxy) is 3. The lowest BCUT2D eigenvalue weighted by atomic mass is 10.1. The average Bonchev–Trinajstić information content (AvgIpc) is 2.60. The summed E-state index contributed by atoms with van der Waals surface area (Å²) in [5.74, 6) is -0.394. The van der Waals surface area contributed by atoms with Crippen LogP contribution in [0.1, 0.15) is 26.7 Å². The summed E-state index contributed by atoms with van der Waals surface area (Å²) < 4.78 is 17.0. The topological polar surface area (TPSA) is 31.0 Å². The Morgan fingerprint density at radius 3 is 2.67 bits per heavy atom. The Morgan fingerprint density at radius 2 is 2.00 bits per heavy atom. The molecule has 2 aliphatic heterocycles. The van der Waals surface area contributed by atoms with Gasteiger partial charge in [0.1, 0.15) is 11.7 Å². The van der Waals surface area contributed by atoms with E-state index in [-0.39, 0.29) is 17.8 Å². The molecule has 0 amide bonds. The molecule has 0 radical (unpaired) electrons. The van der Waals surface area contributed by atoms with E-state index >= 15 is 0 Å². The van der Waals surface area contributed by atoms with Crippen LogP contribution in [0, 0.1) is 0 Å². The summed E-state index contributed by atoms with van der Waals surface area (Å²) in [6, 6.07) is 0. The van der Waals surface area contributed by atoms with E-state index in [1.165, 1.54) is 0 Å². The minimum atomic E-state index is -0.394. The maximum absolute atomic E-state index is 5.80. The van der Waals surface area contributed by atoms with Gasteiger partial charge in [0.25, 0.3) is 0 Å². The molecule has 2 saturated heterocycles. The molecule has 0 aromatic rings. The first-order chi connectivity index (χ1) is 5.61. The van der Waals surface area contributed by atoms with Gasteiger partial charge in [0, 0.05) is 0 Å². The Bertz CT molecular complexity index is 220. The van der Waals surface area contributed by atoms with Crippen LogP contribution in [0.4, 0.5) is 0 Å². The van der Waals surface area contributed by atoms with Gasteiger partial charge < -0.3 is 14.2 Å². The van der Waals surface area contributed by atoms with E-state index in [1.807, 2.05) is 13.8 Å². The van der Waals surface area contributed by atoms with Gasteiger partial charge in [-0.1, -0.05) is 0 Å². The first-order valence-corrected chi connectivity index (χ1v) is 4.61. The zero-order valence-corrected chi connectivity index (χ0v) is 7.50. The monoisotopic (exact) mass is 170 g/mol. The van der Waals surface area contributed by atoms with Gasteiger partial charge in [0.15, 0.2) is 5.79 Å². The minimum absolute atomic E-state index is 0.0540. The van der Waals surface area contributed by atoms with Crippen LogP contribution in [0.2, 0.25) is 0 Å². The third-order valence-electron chi connectivity index (χ3n) is 3.07. The smallest absolute Gasteiger partial charge is 0.163 e. The van der Waals surface area contributed by atoms with E-state index in [2.05, 4.69) is 0 Å². The molecule has 12 heavy (non-hydrogen) atoms. The van der Waals surface area contributed by atoms with E-state index in [9.17, 15) is 0 Å². The largest absolute Gasteiger partial charge is 0.367 e. The molecule has 3 nitrogen and oxygen atoms in total. The van der Waals surface area contributed by atoms with Crippen LogP contribution < -0.4 is 0 Å². The fraction of sp³-hybridized carbons (Fsp3) is 1.00. The van der Waals surface area contributed by atoms with E-state index in [0.717, 1.165) is 19.4 Å². The highest BCUT2D eigenvalue weighted by Gasteiger charge is 2.64. The Hall–Kier alpha value is -0.120. The van der Waals surface area contributed by atoms with E-state index in [0.29, 0.717) is 0 Å². The van der Waals surface area contributed by atoms with Crippen LogP contribution in [0.25, 0.3) is 0 Å². The van der Waals surface area contributed by atoms with Crippen LogP contribution in [0.3, 0.4) is 0 Å². The van der Waals surface area contributed by atoms with Crippen LogP contribution in [0.5, 0.6) is 0 Å². The van der Waals surface area contributed by atoms with Crippen molar-refractivity contribution in [1.29, 1.82) is 0 Å². The lowest BCUT2D eigenvalue weighted by Crippen LogP contribution is -2.31. The Labute approximate surface area is 72.0 Å². The van der Waals surface area contributed by atoms with Gasteiger partial charge in [-0.2, -0.15) is 0 Å². The van der Waals surface area contributed by atoms with Crippen molar-refractivity contribution in [2.75, 3.05) is 6.61 Å². The summed E-state index contributed by atoms with van der Waals surface area (Å²) >= 11 is 0. The standard InChI is InChI=1S/C9H14O3/c1-8(2)11-6-3-4-9(5-10-9)7(6)12-8/h6-7H,3-5H2,1-2H3/t6-,7-,9-/m1/s1. The van der Waals surface area contributed by atoms with Crippen molar-refractivity contribution in [3.63, 3.8) is 0 Å². The first-order valence-electron chi connectivity index (χ1n) is 4.61. The molecule has 3 aliphatic rings. The molecule has 1 saturated carbocycles. The maximum Gasteiger partial charge on any atom is 0.163 e. The van der Waals surface area contributed by atoms with Gasteiger partial charge in [-0.15, -0.1) is 0 Å². The van der Waals surface area contributed by atoms with Crippen molar-refractivity contribution in [1.82, 2.24) is 0 Å². The molecule has 0 bridgehead atoms. The summed E-state index contributed by atoms with van der Waals surface area (Å²) in [6.45, 7) is 4.82. The molecule has 0 aromatic carbocycles. The molecule has 3 fully saturated rings. The van der Waals surface area contributed by atoms with Crippen LogP contribution in [-0.2, 0) is 14.2 Å². The molecule has 3 atom stereocenters. The SMILES string of the molecule is CC1(C)O[C@@H]2[C@@H](CC[C@@]23CO3)O1. The van der Waals surface area contributed by atoms with Gasteiger partial charge in [-0.25, -0.2) is 0 Å². The lowest BCUT2D eigenvalue weighted by molar-refractivity contribution is -0.157. The van der Waals surface area contributed by atoms with E-state index < -0.39 is 5.79 Å². The van der Waals surface area contributed by atoms with Gasteiger partial charge in [0.05, 0.1) is 12.7 Å². The predicted molar refractivity (Wildman–Crippen MR) is 41.7 cm³/mol. The Balaban J connectivity index is 1.86. The number of epoxide rings is 1. The van der Waals surface area contributed by atoms with Crippen molar-refractivity contribution >= 4 is 0 Å². The zero-order chi connectivity index (χ0) is 8.40. The number of hydrogen-bond donors (Lipinski definition) is 0. The van der Waals surface area contributed by atoms with Crippen molar-refractivity contribution < 1.29 is 14.2 Å². The average molecular weight is 170 g/mol. The summed E-state index contributed by atoms with van der Waals surface area (Å²) in [5, 5.41) is 0. The fourth-order valence-corrected chi connectivity index (χ4v) is 2.42. The van der Waals surface area contributed by atoms with Crippen molar-refractivity contribution in [3.05, 3.63) is 0 Å². The Morgan fingerprint density at radius 1 is 1.25 bits per heavy atom. The first kappa shape index (κ1) is 7.30. The third kappa shape index (κ3) is 0.817. The molecule has 2 heterocycles. The predicted octanol–water partition coefficient (Wildman–Crippen LogP) is 1.07. The number of hydrogen-bond acceptors (Lipinski definition) is 3. The lowest BCUT2D eigenvalue weighted by Gasteiger charge is -2.19. The summed E-state index contributed by atoms with van der Waals surface area (Å²) in [5.41, 5.74) is 0.0540. The highest BCUT2D eigenvalue weighted by atomic mass is 16.8. The maximum atomic E-state index is 5.80. The normalized spacial score (nSPS) is 54.5. The summed E-state index contributed by atoms with van der Waals surface area (Å²) in [7, 11) is 0. The Kier molecular flexibility index (Phi) is 1.13. The second-order valence-corrected chi connectivity index (χ2v) is 4.49. The second kappa shape index (κ2) is 1.86. The second-order valence-electron chi connectivity index (χ2n) is 4.49. The molecule has 1 spiro atoms. The van der Waals surface area contributed by atoms with Gasteiger partial charge in [-0.3, -0.25) is 0 Å². The molecule has 3 rings (SSSR count). The molecular formula is C9H14O3. The van der Waals surface area contributed by atoms with Crippen molar-refractivity contribution in [2.45, 2.75) is 50.3 Å². The summed E-state index contributed by atoms with van der Waals surface area (Å²) in [6.07, 6.45) is 2.68. The van der Waals surface area contributed by atoms with Gasteiger partial charge in [0.2, 0.25) is 0 Å². The van der Waals surface area contributed by atoms with Crippen molar-refractivity contribution in [2.24, 2.45) is 0 Å². The minimum Gasteiger partial charge on any atom is -0.367 e. The molecule has 0 unspecified atom stereocenters. The van der Waals surface area contributed by atoms with Crippen molar-refractivity contribution in [3.8, 4) is 0 Å². The van der Waals surface area contributed by atoms with Gasteiger partial charge >= 0.3 is 0 Å². The zero-order valence-electron chi connectivity index (χ0n) is 7.50. The molecule has 1 aliphatic carbocycles. The molecular weight excluding hydrogens is 156 g/mol. The molecule has 0 N–H and O–H groups in total. The van der Waals surface area contributed by atoms with E-state index in [4.69, 9.17) is 14.2 Å². The molecule has 68 valence electrons. The molecule has 3 heteroatoms. The third-order valence-corrected chi connectivity index (χ3v) is 3.07. The van der Waals surface area contributed by atoms with Crippen LogP contribution in [0.15, 0.2) is 0 Å². The number of fused-ring (bicyclic) bond motifs is 2. The quantitative estimate of drug-likeness (QED) is 0.509. The fourth-order valence-electron chi connectivity index (χ4n) is 2.42. The van der Waals surface area contributed by atoms with Crippen LogP contribution >= 0.6 is 0 Å².